The van der Waals surface area contributed by atoms with Gasteiger partial charge in [0.25, 0.3) is 5.91 Å². The van der Waals surface area contributed by atoms with Gasteiger partial charge in [0, 0.05) is 24.8 Å². The monoisotopic (exact) mass is 353 g/mol. The molecule has 3 aromatic rings. The number of thiazole rings is 1. The van der Waals surface area contributed by atoms with E-state index >= 15 is 0 Å². The van der Waals surface area contributed by atoms with Crippen LogP contribution in [0.15, 0.2) is 36.0 Å². The predicted molar refractivity (Wildman–Crippen MR) is 81.5 cm³/mol. The largest absolute Gasteiger partial charge is 0.435 e. The Balaban J connectivity index is 1.83. The molecule has 10 heteroatoms. The molecule has 3 rings (SSSR count). The minimum Gasteiger partial charge on any atom is -0.298 e. The van der Waals surface area contributed by atoms with Crippen LogP contribution in [0.5, 0.6) is 0 Å². The van der Waals surface area contributed by atoms with Crippen LogP contribution in [0.2, 0.25) is 0 Å². The van der Waals surface area contributed by atoms with Crippen molar-refractivity contribution in [3.05, 3.63) is 47.2 Å². The number of halogens is 3. The van der Waals surface area contributed by atoms with Crippen molar-refractivity contribution < 1.29 is 18.0 Å². The van der Waals surface area contributed by atoms with Crippen LogP contribution >= 0.6 is 11.3 Å². The summed E-state index contributed by atoms with van der Waals surface area (Å²) in [5, 5.41) is 7.50. The lowest BCUT2D eigenvalue weighted by molar-refractivity contribution is -0.141. The zero-order valence-corrected chi connectivity index (χ0v) is 13.0. The molecule has 0 radical (unpaired) electrons. The predicted octanol–water partition coefficient (Wildman–Crippen LogP) is 3.21. The maximum atomic E-state index is 12.9. The van der Waals surface area contributed by atoms with Crippen LogP contribution in [0.3, 0.4) is 0 Å². The number of carbonyl (C=O) groups excluding carboxylic acids is 1. The van der Waals surface area contributed by atoms with E-state index in [0.29, 0.717) is 11.4 Å². The normalized spacial score (nSPS) is 11.5. The summed E-state index contributed by atoms with van der Waals surface area (Å²) in [5.41, 5.74) is -0.659. The number of pyridine rings is 1. The van der Waals surface area contributed by atoms with Gasteiger partial charge in [0.2, 0.25) is 0 Å². The van der Waals surface area contributed by atoms with Crippen molar-refractivity contribution in [2.75, 3.05) is 5.32 Å². The number of hydrogen-bond acceptors (Lipinski definition) is 5. The topological polar surface area (TPSA) is 72.7 Å². The molecule has 1 amide bonds. The Bertz CT molecular complexity index is 872. The second-order valence-electron chi connectivity index (χ2n) is 4.77. The molecule has 6 nitrogen and oxygen atoms in total. The number of aryl methyl sites for hydroxylation is 1. The van der Waals surface area contributed by atoms with E-state index in [4.69, 9.17) is 0 Å². The van der Waals surface area contributed by atoms with Gasteiger partial charge in [0.15, 0.2) is 10.8 Å². The lowest BCUT2D eigenvalue weighted by atomic mass is 10.2. The first-order chi connectivity index (χ1) is 11.3. The molecule has 0 spiro atoms. The quantitative estimate of drug-likeness (QED) is 0.785. The summed E-state index contributed by atoms with van der Waals surface area (Å²) in [6, 6.07) is 5.27. The third-order valence-corrected chi connectivity index (χ3v) is 3.75. The molecule has 0 aliphatic carbocycles. The van der Waals surface area contributed by atoms with Crippen LogP contribution in [-0.4, -0.2) is 25.7 Å². The van der Waals surface area contributed by atoms with Crippen LogP contribution in [0.25, 0.3) is 11.4 Å². The Morgan fingerprint density at radius 2 is 2.08 bits per heavy atom. The second-order valence-corrected chi connectivity index (χ2v) is 5.63. The molecule has 0 fully saturated rings. The molecule has 0 unspecified atom stereocenters. The number of nitrogens with zero attached hydrogens (tertiary/aromatic N) is 4. The number of anilines is 1. The van der Waals surface area contributed by atoms with E-state index in [-0.39, 0.29) is 5.13 Å². The zero-order chi connectivity index (χ0) is 17.3. The average molecular weight is 353 g/mol. The van der Waals surface area contributed by atoms with Crippen LogP contribution in [0, 0.1) is 0 Å². The lowest BCUT2D eigenvalue weighted by Gasteiger charge is -2.05. The van der Waals surface area contributed by atoms with Crippen LogP contribution in [0.1, 0.15) is 16.1 Å². The summed E-state index contributed by atoms with van der Waals surface area (Å²) in [7, 11) is 1.31. The minimum absolute atomic E-state index is 0.178. The van der Waals surface area contributed by atoms with Crippen LogP contribution in [-0.2, 0) is 13.2 Å². The van der Waals surface area contributed by atoms with E-state index in [9.17, 15) is 18.0 Å². The maximum absolute atomic E-state index is 12.9. The maximum Gasteiger partial charge on any atom is 0.435 e. The number of rotatable bonds is 3. The molecule has 124 valence electrons. The Morgan fingerprint density at radius 1 is 1.29 bits per heavy atom. The number of nitrogens with one attached hydrogen (secondary N) is 1. The zero-order valence-electron chi connectivity index (χ0n) is 12.2. The third kappa shape index (κ3) is 3.27. The smallest absolute Gasteiger partial charge is 0.298 e. The van der Waals surface area contributed by atoms with Crippen molar-refractivity contribution in [2.24, 2.45) is 7.05 Å². The van der Waals surface area contributed by atoms with Gasteiger partial charge in [-0.3, -0.25) is 19.8 Å². The first-order valence-corrected chi connectivity index (χ1v) is 7.51. The fourth-order valence-electron chi connectivity index (χ4n) is 1.99. The summed E-state index contributed by atoms with van der Waals surface area (Å²) in [6.45, 7) is 0. The molecule has 0 saturated heterocycles. The molecule has 1 N–H and O–H groups in total. The second kappa shape index (κ2) is 6.04. The van der Waals surface area contributed by atoms with Gasteiger partial charge in [-0.1, -0.05) is 6.07 Å². The molecule has 0 aromatic carbocycles. The van der Waals surface area contributed by atoms with Crippen molar-refractivity contribution >= 4 is 22.4 Å². The number of carbonyl (C=O) groups is 1. The molecule has 0 atom stereocenters. The fraction of sp³-hybridized carbons (Fsp3) is 0.143. The highest BCUT2D eigenvalue weighted by Crippen LogP contribution is 2.31. The Kier molecular flexibility index (Phi) is 4.06. The van der Waals surface area contributed by atoms with E-state index in [0.717, 1.165) is 22.2 Å². The molecule has 3 heterocycles. The Hall–Kier alpha value is -2.75. The summed E-state index contributed by atoms with van der Waals surface area (Å²) in [4.78, 5) is 20.4. The van der Waals surface area contributed by atoms with Crippen molar-refractivity contribution in [1.82, 2.24) is 19.7 Å². The third-order valence-electron chi connectivity index (χ3n) is 2.99. The average Bonchev–Trinajstić information content (AvgIpc) is 3.14. The number of alkyl halides is 3. The van der Waals surface area contributed by atoms with Gasteiger partial charge in [0.05, 0.1) is 11.3 Å². The van der Waals surface area contributed by atoms with E-state index in [1.807, 2.05) is 0 Å². The lowest BCUT2D eigenvalue weighted by Crippen LogP contribution is -2.17. The molecule has 0 aliphatic heterocycles. The van der Waals surface area contributed by atoms with Crippen LogP contribution < -0.4 is 5.32 Å². The van der Waals surface area contributed by atoms with Crippen molar-refractivity contribution in [2.45, 2.75) is 6.18 Å². The van der Waals surface area contributed by atoms with Gasteiger partial charge in [0.1, 0.15) is 5.69 Å². The van der Waals surface area contributed by atoms with Gasteiger partial charge in [-0.05, 0) is 12.1 Å². The van der Waals surface area contributed by atoms with Gasteiger partial charge < -0.3 is 0 Å². The standard InChI is InChI=1S/C14H10F3N5OS/c1-22-6-8(11(21-22)14(15,16)17)12(23)20-13-19-10(7-24-13)9-4-2-3-5-18-9/h2-7H,1H3,(H,19,20,23). The molecule has 0 bridgehead atoms. The molecule has 24 heavy (non-hydrogen) atoms. The van der Waals surface area contributed by atoms with Gasteiger partial charge in [-0.2, -0.15) is 18.3 Å². The summed E-state index contributed by atoms with van der Waals surface area (Å²) in [6.07, 6.45) is -2.10. The van der Waals surface area contributed by atoms with Crippen molar-refractivity contribution in [3.8, 4) is 11.4 Å². The van der Waals surface area contributed by atoms with Crippen molar-refractivity contribution in [1.29, 1.82) is 0 Å². The Labute approximate surface area is 138 Å². The van der Waals surface area contributed by atoms with Crippen molar-refractivity contribution in [3.63, 3.8) is 0 Å². The Morgan fingerprint density at radius 3 is 2.75 bits per heavy atom. The van der Waals surface area contributed by atoms with E-state index in [1.54, 1.807) is 29.8 Å². The highest BCUT2D eigenvalue weighted by molar-refractivity contribution is 7.14. The van der Waals surface area contributed by atoms with E-state index in [2.05, 4.69) is 20.4 Å². The molecule has 0 saturated carbocycles. The van der Waals surface area contributed by atoms with E-state index in [1.165, 1.54) is 7.05 Å². The SMILES string of the molecule is Cn1cc(C(=O)Nc2nc(-c3ccccn3)cs2)c(C(F)(F)F)n1. The van der Waals surface area contributed by atoms with Gasteiger partial charge in [-0.25, -0.2) is 4.98 Å². The first kappa shape index (κ1) is 16.1. The first-order valence-electron chi connectivity index (χ1n) is 6.63. The number of amides is 1. The molecule has 3 aromatic heterocycles. The summed E-state index contributed by atoms with van der Waals surface area (Å²) < 4.78 is 39.7. The highest BCUT2D eigenvalue weighted by atomic mass is 32.1. The van der Waals surface area contributed by atoms with Crippen LogP contribution in [0.4, 0.5) is 18.3 Å². The molecular weight excluding hydrogens is 343 g/mol. The fourth-order valence-corrected chi connectivity index (χ4v) is 2.69. The highest BCUT2D eigenvalue weighted by Gasteiger charge is 2.39. The number of hydrogen-bond donors (Lipinski definition) is 1. The van der Waals surface area contributed by atoms with Gasteiger partial charge in [-0.15, -0.1) is 11.3 Å². The summed E-state index contributed by atoms with van der Waals surface area (Å²) in [5.74, 6) is -0.919. The molecule has 0 aliphatic rings. The number of aromatic nitrogens is 4. The van der Waals surface area contributed by atoms with Gasteiger partial charge >= 0.3 is 6.18 Å². The summed E-state index contributed by atoms with van der Waals surface area (Å²) >= 11 is 1.10. The molecular formula is C14H10F3N5OS. The minimum atomic E-state index is -4.71. The van der Waals surface area contributed by atoms with E-state index < -0.39 is 23.3 Å².